The van der Waals surface area contributed by atoms with Crippen LogP contribution in [0.3, 0.4) is 0 Å². The smallest absolute Gasteiger partial charge is 0.232 e. The van der Waals surface area contributed by atoms with Crippen molar-refractivity contribution in [3.8, 4) is 5.75 Å². The number of phenols is 1. The highest BCUT2D eigenvalue weighted by Gasteiger charge is 2.10. The van der Waals surface area contributed by atoms with Gasteiger partial charge in [-0.3, -0.25) is 20.2 Å². The summed E-state index contributed by atoms with van der Waals surface area (Å²) in [5, 5.41) is 29.7. The van der Waals surface area contributed by atoms with Crippen LogP contribution in [0.25, 0.3) is 0 Å². The van der Waals surface area contributed by atoms with Gasteiger partial charge in [-0.2, -0.15) is 0 Å². The molecule has 0 fully saturated rings. The third kappa shape index (κ3) is 3.22. The molecule has 0 spiro atoms. The molecule has 7 heteroatoms. The zero-order chi connectivity index (χ0) is 11.4. The summed E-state index contributed by atoms with van der Waals surface area (Å²) in [7, 11) is 0. The van der Waals surface area contributed by atoms with Crippen molar-refractivity contribution in [2.24, 2.45) is 0 Å². The van der Waals surface area contributed by atoms with Crippen LogP contribution in [0.5, 0.6) is 5.75 Å². The molecule has 0 aliphatic carbocycles. The Morgan fingerprint density at radius 2 is 1.73 bits per heavy atom. The zero-order valence-electron chi connectivity index (χ0n) is 7.62. The first-order chi connectivity index (χ1) is 6.99. The Morgan fingerprint density at radius 1 is 1.13 bits per heavy atom. The summed E-state index contributed by atoms with van der Waals surface area (Å²) < 4.78 is 0. The van der Waals surface area contributed by atoms with Gasteiger partial charge in [-0.05, 0) is 18.2 Å². The van der Waals surface area contributed by atoms with Gasteiger partial charge in [0.05, 0.1) is 5.56 Å². The minimum atomic E-state index is -0.606. The van der Waals surface area contributed by atoms with Gasteiger partial charge in [0.1, 0.15) is 5.75 Å². The summed E-state index contributed by atoms with van der Waals surface area (Å²) in [4.78, 5) is 19.3. The predicted octanol–water partition coefficient (Wildman–Crippen LogP) is 0.946. The number of hydrogen-bond donors (Lipinski definition) is 1. The number of phenolic OH excluding ortho intramolecular Hbond substituents is 1. The number of hydrogen-bond acceptors (Lipinski definition) is 5. The molecule has 0 unspecified atom stereocenters. The van der Waals surface area contributed by atoms with Gasteiger partial charge in [0.25, 0.3) is 0 Å². The summed E-state index contributed by atoms with van der Waals surface area (Å²) in [6.07, 6.45) is 0. The van der Waals surface area contributed by atoms with E-state index < -0.39 is 22.9 Å². The van der Waals surface area contributed by atoms with Crippen LogP contribution in [0.2, 0.25) is 0 Å². The Hall–Kier alpha value is -2.18. The van der Waals surface area contributed by atoms with Gasteiger partial charge >= 0.3 is 0 Å². The fraction of sp³-hybridized carbons (Fsp3) is 0.250. The van der Waals surface area contributed by atoms with Crippen molar-refractivity contribution in [1.29, 1.82) is 0 Å². The van der Waals surface area contributed by atoms with Crippen LogP contribution in [0.4, 0.5) is 0 Å². The molecule has 0 amide bonds. The quantitative estimate of drug-likeness (QED) is 0.590. The van der Waals surface area contributed by atoms with Crippen LogP contribution in [-0.4, -0.2) is 15.0 Å². The molecule has 0 saturated heterocycles. The van der Waals surface area contributed by atoms with Crippen LogP contribution in [0.1, 0.15) is 11.1 Å². The van der Waals surface area contributed by atoms with Crippen LogP contribution in [0.15, 0.2) is 18.2 Å². The molecule has 7 nitrogen and oxygen atoms in total. The standard InChI is InChI=1S/C8H8N2O5/c11-8-2-1-6(4-9(12)13)3-7(8)5-10(14)15/h1-3,11H,4-5H2. The van der Waals surface area contributed by atoms with Crippen LogP contribution >= 0.6 is 0 Å². The molecule has 1 aromatic rings. The summed E-state index contributed by atoms with van der Waals surface area (Å²) in [5.74, 6) is -0.223. The van der Waals surface area contributed by atoms with Crippen molar-refractivity contribution in [2.75, 3.05) is 0 Å². The van der Waals surface area contributed by atoms with Crippen molar-refractivity contribution in [1.82, 2.24) is 0 Å². The van der Waals surface area contributed by atoms with E-state index in [2.05, 4.69) is 0 Å². The minimum Gasteiger partial charge on any atom is -0.507 e. The van der Waals surface area contributed by atoms with Gasteiger partial charge in [0.15, 0.2) is 0 Å². The summed E-state index contributed by atoms with van der Waals surface area (Å²) in [6.45, 7) is -0.956. The second-order valence-corrected chi connectivity index (χ2v) is 2.94. The summed E-state index contributed by atoms with van der Waals surface area (Å²) in [5.41, 5.74) is 0.411. The first kappa shape index (κ1) is 10.9. The Labute approximate surface area is 84.3 Å². The van der Waals surface area contributed by atoms with Gasteiger partial charge in [-0.15, -0.1) is 0 Å². The molecule has 0 aliphatic heterocycles. The maximum Gasteiger partial charge on any atom is 0.232 e. The van der Waals surface area contributed by atoms with E-state index in [-0.39, 0.29) is 11.3 Å². The lowest BCUT2D eigenvalue weighted by molar-refractivity contribution is -0.498. The summed E-state index contributed by atoms with van der Waals surface area (Å²) >= 11 is 0. The van der Waals surface area contributed by atoms with Gasteiger partial charge in [0.2, 0.25) is 13.1 Å². The molecule has 1 rings (SSSR count). The van der Waals surface area contributed by atoms with Crippen LogP contribution < -0.4 is 0 Å². The fourth-order valence-electron chi connectivity index (χ4n) is 1.15. The average Bonchev–Trinajstić information content (AvgIpc) is 2.09. The van der Waals surface area contributed by atoms with Gasteiger partial charge in [-0.1, -0.05) is 0 Å². The van der Waals surface area contributed by atoms with E-state index >= 15 is 0 Å². The first-order valence-corrected chi connectivity index (χ1v) is 4.03. The van der Waals surface area contributed by atoms with Gasteiger partial charge in [-0.25, -0.2) is 0 Å². The van der Waals surface area contributed by atoms with E-state index in [1.165, 1.54) is 18.2 Å². The van der Waals surface area contributed by atoms with Crippen LogP contribution in [0, 0.1) is 20.2 Å². The second kappa shape index (κ2) is 4.36. The zero-order valence-corrected chi connectivity index (χ0v) is 7.62. The highest BCUT2D eigenvalue weighted by Crippen LogP contribution is 2.19. The number of nitrogens with zero attached hydrogens (tertiary/aromatic N) is 2. The Morgan fingerprint density at radius 3 is 2.27 bits per heavy atom. The van der Waals surface area contributed by atoms with Gasteiger partial charge < -0.3 is 5.11 Å². The molecule has 0 saturated carbocycles. The lowest BCUT2D eigenvalue weighted by Gasteiger charge is -2.01. The Balaban J connectivity index is 2.94. The number of benzene rings is 1. The Bertz CT molecular complexity index is 404. The van der Waals surface area contributed by atoms with Crippen molar-refractivity contribution in [2.45, 2.75) is 13.1 Å². The van der Waals surface area contributed by atoms with E-state index in [1.54, 1.807) is 0 Å². The summed E-state index contributed by atoms with van der Waals surface area (Å²) in [6, 6.07) is 3.85. The molecular formula is C8H8N2O5. The average molecular weight is 212 g/mol. The van der Waals surface area contributed by atoms with E-state index in [0.29, 0.717) is 5.56 Å². The highest BCUT2D eigenvalue weighted by atomic mass is 16.6. The van der Waals surface area contributed by atoms with Crippen molar-refractivity contribution in [3.05, 3.63) is 49.6 Å². The minimum absolute atomic E-state index is 0.0827. The SMILES string of the molecule is O=[N+]([O-])Cc1ccc(O)c(C[N+](=O)[O-])c1. The molecule has 0 radical (unpaired) electrons. The topological polar surface area (TPSA) is 107 Å². The predicted molar refractivity (Wildman–Crippen MR) is 49.5 cm³/mol. The lowest BCUT2D eigenvalue weighted by Crippen LogP contribution is -2.02. The monoisotopic (exact) mass is 212 g/mol. The molecule has 1 N–H and O–H groups in total. The van der Waals surface area contributed by atoms with Crippen molar-refractivity contribution < 1.29 is 15.0 Å². The number of aromatic hydroxyl groups is 1. The fourth-order valence-corrected chi connectivity index (χ4v) is 1.15. The molecular weight excluding hydrogens is 204 g/mol. The van der Waals surface area contributed by atoms with Gasteiger partial charge in [0, 0.05) is 15.4 Å². The maximum atomic E-state index is 10.2. The molecule has 15 heavy (non-hydrogen) atoms. The van der Waals surface area contributed by atoms with Crippen molar-refractivity contribution >= 4 is 0 Å². The molecule has 0 aromatic heterocycles. The van der Waals surface area contributed by atoms with E-state index in [4.69, 9.17) is 0 Å². The van der Waals surface area contributed by atoms with Crippen LogP contribution in [-0.2, 0) is 13.1 Å². The van der Waals surface area contributed by atoms with E-state index in [9.17, 15) is 25.3 Å². The molecule has 0 bridgehead atoms. The normalized spacial score (nSPS) is 9.87. The molecule has 0 aliphatic rings. The second-order valence-electron chi connectivity index (χ2n) is 2.94. The van der Waals surface area contributed by atoms with Crippen molar-refractivity contribution in [3.63, 3.8) is 0 Å². The molecule has 0 atom stereocenters. The number of rotatable bonds is 4. The Kier molecular flexibility index (Phi) is 3.17. The largest absolute Gasteiger partial charge is 0.507 e. The van der Waals surface area contributed by atoms with E-state index in [0.717, 1.165) is 0 Å². The lowest BCUT2D eigenvalue weighted by atomic mass is 10.1. The molecule has 80 valence electrons. The number of nitro groups is 2. The molecule has 1 aromatic carbocycles. The maximum absolute atomic E-state index is 10.2. The van der Waals surface area contributed by atoms with E-state index in [1.807, 2.05) is 0 Å². The third-order valence-electron chi connectivity index (χ3n) is 1.76. The molecule has 0 heterocycles. The first-order valence-electron chi connectivity index (χ1n) is 4.03. The third-order valence-corrected chi connectivity index (χ3v) is 1.76. The highest BCUT2D eigenvalue weighted by molar-refractivity contribution is 5.35.